The third kappa shape index (κ3) is 1.38. The summed E-state index contributed by atoms with van der Waals surface area (Å²) >= 11 is 0. The second kappa shape index (κ2) is 2.97. The van der Waals surface area contributed by atoms with E-state index in [1.807, 2.05) is 6.92 Å². The molecule has 13 heavy (non-hydrogen) atoms. The molecule has 0 bridgehead atoms. The van der Waals surface area contributed by atoms with Gasteiger partial charge in [-0.15, -0.1) is 0 Å². The van der Waals surface area contributed by atoms with Crippen molar-refractivity contribution < 1.29 is 14.6 Å². The van der Waals surface area contributed by atoms with Gasteiger partial charge in [-0.3, -0.25) is 4.98 Å². The van der Waals surface area contributed by atoms with Gasteiger partial charge in [0, 0.05) is 11.8 Å². The molecule has 0 atom stereocenters. The van der Waals surface area contributed by atoms with E-state index in [9.17, 15) is 5.11 Å². The minimum absolute atomic E-state index is 0.173. The highest BCUT2D eigenvalue weighted by molar-refractivity contribution is 5.33. The maximum Gasteiger partial charge on any atom is 0.206 e. The van der Waals surface area contributed by atoms with Gasteiger partial charge in [-0.1, -0.05) is 0 Å². The van der Waals surface area contributed by atoms with Crippen molar-refractivity contribution in [2.45, 2.75) is 26.4 Å². The van der Waals surface area contributed by atoms with Crippen LogP contribution in [0.2, 0.25) is 0 Å². The highest BCUT2D eigenvalue weighted by Crippen LogP contribution is 2.33. The first-order valence-electron chi connectivity index (χ1n) is 4.14. The van der Waals surface area contributed by atoms with Crippen LogP contribution in [0.4, 0.5) is 0 Å². The molecule has 0 radical (unpaired) electrons. The third-order valence-electron chi connectivity index (χ3n) is 2.07. The van der Waals surface area contributed by atoms with Gasteiger partial charge >= 0.3 is 0 Å². The van der Waals surface area contributed by atoms with E-state index < -0.39 is 6.29 Å². The lowest BCUT2D eigenvalue weighted by molar-refractivity contribution is -0.384. The maximum atomic E-state index is 9.38. The molecule has 0 amide bonds. The first-order chi connectivity index (χ1) is 6.18. The zero-order valence-electron chi connectivity index (χ0n) is 7.52. The Bertz CT molecular complexity index is 321. The predicted molar refractivity (Wildman–Crippen MR) is 45.0 cm³/mol. The van der Waals surface area contributed by atoms with Crippen molar-refractivity contribution in [1.82, 2.24) is 4.98 Å². The molecule has 1 aromatic rings. The maximum absolute atomic E-state index is 9.38. The van der Waals surface area contributed by atoms with Crippen LogP contribution < -0.4 is 0 Å². The minimum Gasteiger partial charge on any atom is -0.508 e. The van der Waals surface area contributed by atoms with Crippen LogP contribution >= 0.6 is 0 Å². The van der Waals surface area contributed by atoms with Crippen LogP contribution in [0.25, 0.3) is 0 Å². The van der Waals surface area contributed by atoms with Gasteiger partial charge in [0.1, 0.15) is 11.4 Å². The standard InChI is InChI=1S/C9H11NO3/c1-5-7(11)3-4-10-8(5)9-12-6(2)13-9/h3-4,6,9H,1-2H3,(H,10,11). The van der Waals surface area contributed by atoms with Gasteiger partial charge in [0.25, 0.3) is 0 Å². The zero-order valence-corrected chi connectivity index (χ0v) is 7.52. The van der Waals surface area contributed by atoms with Gasteiger partial charge in [0.2, 0.25) is 6.29 Å². The Hall–Kier alpha value is -1.13. The summed E-state index contributed by atoms with van der Waals surface area (Å²) in [5, 5.41) is 9.38. The van der Waals surface area contributed by atoms with E-state index in [2.05, 4.69) is 4.98 Å². The lowest BCUT2D eigenvalue weighted by Gasteiger charge is -2.33. The molecule has 0 aliphatic carbocycles. The van der Waals surface area contributed by atoms with Crippen LogP contribution in [-0.2, 0) is 9.47 Å². The molecular weight excluding hydrogens is 170 g/mol. The number of pyridine rings is 1. The zero-order chi connectivity index (χ0) is 9.42. The summed E-state index contributed by atoms with van der Waals surface area (Å²) in [6.07, 6.45) is 0.948. The van der Waals surface area contributed by atoms with Crippen molar-refractivity contribution >= 4 is 0 Å². The summed E-state index contributed by atoms with van der Waals surface area (Å²) in [7, 11) is 0. The van der Waals surface area contributed by atoms with Crippen LogP contribution in [0, 0.1) is 6.92 Å². The molecule has 1 N–H and O–H groups in total. The Morgan fingerprint density at radius 1 is 1.46 bits per heavy atom. The largest absolute Gasteiger partial charge is 0.508 e. The highest BCUT2D eigenvalue weighted by Gasteiger charge is 2.31. The lowest BCUT2D eigenvalue weighted by atomic mass is 10.2. The Morgan fingerprint density at radius 2 is 2.15 bits per heavy atom. The van der Waals surface area contributed by atoms with E-state index in [-0.39, 0.29) is 12.0 Å². The van der Waals surface area contributed by atoms with Crippen molar-refractivity contribution in [3.05, 3.63) is 23.5 Å². The van der Waals surface area contributed by atoms with Crippen molar-refractivity contribution in [1.29, 1.82) is 0 Å². The third-order valence-corrected chi connectivity index (χ3v) is 2.07. The number of aromatic nitrogens is 1. The fourth-order valence-electron chi connectivity index (χ4n) is 1.27. The molecule has 4 heteroatoms. The van der Waals surface area contributed by atoms with Crippen LogP contribution in [0.15, 0.2) is 12.3 Å². The highest BCUT2D eigenvalue weighted by atomic mass is 16.9. The number of hydrogen-bond acceptors (Lipinski definition) is 4. The number of rotatable bonds is 1. The molecule has 70 valence electrons. The van der Waals surface area contributed by atoms with Gasteiger partial charge in [0.15, 0.2) is 6.29 Å². The summed E-state index contributed by atoms with van der Waals surface area (Å²) in [4.78, 5) is 4.09. The molecule has 0 unspecified atom stereocenters. The van der Waals surface area contributed by atoms with E-state index in [1.54, 1.807) is 13.0 Å². The van der Waals surface area contributed by atoms with E-state index in [4.69, 9.17) is 9.47 Å². The Kier molecular flexibility index (Phi) is 1.94. The van der Waals surface area contributed by atoms with Crippen LogP contribution in [0.3, 0.4) is 0 Å². The predicted octanol–water partition coefficient (Wildman–Crippen LogP) is 1.49. The van der Waals surface area contributed by atoms with Crippen molar-refractivity contribution in [2.24, 2.45) is 0 Å². The molecule has 2 heterocycles. The summed E-state index contributed by atoms with van der Waals surface area (Å²) < 4.78 is 10.5. The van der Waals surface area contributed by atoms with E-state index in [1.165, 1.54) is 6.20 Å². The average molecular weight is 181 g/mol. The molecule has 0 spiro atoms. The fourth-order valence-corrected chi connectivity index (χ4v) is 1.27. The SMILES string of the molecule is Cc1c(O)ccnc1C1OC(C)O1. The smallest absolute Gasteiger partial charge is 0.206 e. The van der Waals surface area contributed by atoms with E-state index in [0.29, 0.717) is 11.3 Å². The van der Waals surface area contributed by atoms with Crippen LogP contribution in [-0.4, -0.2) is 16.4 Å². The topological polar surface area (TPSA) is 51.6 Å². The quantitative estimate of drug-likeness (QED) is 0.713. The summed E-state index contributed by atoms with van der Waals surface area (Å²) in [6.45, 7) is 3.60. The normalized spacial score (nSPS) is 26.9. The first kappa shape index (κ1) is 8.47. The molecule has 4 nitrogen and oxygen atoms in total. The fraction of sp³-hybridized carbons (Fsp3) is 0.444. The molecule has 0 aromatic carbocycles. The molecule has 1 saturated heterocycles. The van der Waals surface area contributed by atoms with Crippen molar-refractivity contribution in [3.8, 4) is 5.75 Å². The molecule has 1 aliphatic heterocycles. The van der Waals surface area contributed by atoms with Crippen molar-refractivity contribution in [2.75, 3.05) is 0 Å². The Morgan fingerprint density at radius 3 is 2.77 bits per heavy atom. The summed E-state index contributed by atoms with van der Waals surface area (Å²) in [6, 6.07) is 1.54. The second-order valence-electron chi connectivity index (χ2n) is 3.01. The van der Waals surface area contributed by atoms with Crippen molar-refractivity contribution in [3.63, 3.8) is 0 Å². The number of nitrogens with zero attached hydrogens (tertiary/aromatic N) is 1. The molecule has 1 fully saturated rings. The number of ether oxygens (including phenoxy) is 2. The lowest BCUT2D eigenvalue weighted by Crippen LogP contribution is -2.32. The number of hydrogen-bond donors (Lipinski definition) is 1. The van der Waals surface area contributed by atoms with Gasteiger partial charge in [0.05, 0.1) is 0 Å². The van der Waals surface area contributed by atoms with Gasteiger partial charge in [-0.2, -0.15) is 0 Å². The minimum atomic E-state index is -0.415. The molecule has 0 saturated carbocycles. The summed E-state index contributed by atoms with van der Waals surface area (Å²) in [5.74, 6) is 0.219. The van der Waals surface area contributed by atoms with Gasteiger partial charge in [-0.05, 0) is 19.9 Å². The van der Waals surface area contributed by atoms with Crippen LogP contribution in [0.5, 0.6) is 5.75 Å². The number of aromatic hydroxyl groups is 1. The first-order valence-corrected chi connectivity index (χ1v) is 4.14. The van der Waals surface area contributed by atoms with Crippen LogP contribution in [0.1, 0.15) is 24.5 Å². The van der Waals surface area contributed by atoms with Gasteiger partial charge < -0.3 is 14.6 Å². The monoisotopic (exact) mass is 181 g/mol. The summed E-state index contributed by atoms with van der Waals surface area (Å²) in [5.41, 5.74) is 1.36. The molecular formula is C9H11NO3. The molecule has 1 aliphatic rings. The Balaban J connectivity index is 2.26. The second-order valence-corrected chi connectivity index (χ2v) is 3.01. The van der Waals surface area contributed by atoms with E-state index >= 15 is 0 Å². The van der Waals surface area contributed by atoms with Gasteiger partial charge in [-0.25, -0.2) is 0 Å². The molecule has 2 rings (SSSR count). The van der Waals surface area contributed by atoms with E-state index in [0.717, 1.165) is 0 Å². The average Bonchev–Trinajstić information content (AvgIpc) is 2.05. The molecule has 1 aromatic heterocycles. The Labute approximate surface area is 76.1 Å².